The number of carboxylic acid groups (broad SMARTS) is 1. The molecule has 25 heavy (non-hydrogen) atoms. The van der Waals surface area contributed by atoms with Gasteiger partial charge in [-0.25, -0.2) is 0 Å². The number of hydrogen-bond acceptors (Lipinski definition) is 4. The molecule has 1 aliphatic heterocycles. The number of benzene rings is 1. The second kappa shape index (κ2) is 8.85. The first kappa shape index (κ1) is 19.2. The number of carbonyl (C=O) groups excluding carboxylic acids is 1. The first-order chi connectivity index (χ1) is 11.9. The molecule has 3 atom stereocenters. The molecule has 6 nitrogen and oxygen atoms in total. The highest BCUT2D eigenvalue weighted by Gasteiger charge is 2.36. The van der Waals surface area contributed by atoms with Crippen molar-refractivity contribution < 1.29 is 24.2 Å². The van der Waals surface area contributed by atoms with Crippen molar-refractivity contribution in [1.29, 1.82) is 0 Å². The van der Waals surface area contributed by atoms with Crippen LogP contribution >= 0.6 is 0 Å². The predicted molar refractivity (Wildman–Crippen MR) is 93.6 cm³/mol. The van der Waals surface area contributed by atoms with Gasteiger partial charge in [0.2, 0.25) is 5.91 Å². The van der Waals surface area contributed by atoms with Crippen LogP contribution in [-0.4, -0.2) is 54.8 Å². The molecule has 1 aliphatic rings. The Morgan fingerprint density at radius 3 is 2.68 bits per heavy atom. The number of likely N-dealkylation sites (tertiary alicyclic amines) is 1. The van der Waals surface area contributed by atoms with Crippen LogP contribution in [0.25, 0.3) is 0 Å². The molecular formula is C19H27NO5. The number of nitrogens with zero attached hydrogens (tertiary/aromatic N) is 1. The summed E-state index contributed by atoms with van der Waals surface area (Å²) in [5, 5.41) is 9.07. The van der Waals surface area contributed by atoms with Crippen LogP contribution in [0.1, 0.15) is 31.7 Å². The highest BCUT2D eigenvalue weighted by Crippen LogP contribution is 2.26. The first-order valence-corrected chi connectivity index (χ1v) is 8.60. The number of para-hydroxylation sites is 1. The molecule has 1 aromatic carbocycles. The van der Waals surface area contributed by atoms with Gasteiger partial charge in [0.1, 0.15) is 5.75 Å². The van der Waals surface area contributed by atoms with Gasteiger partial charge in [-0.1, -0.05) is 25.1 Å². The van der Waals surface area contributed by atoms with E-state index < -0.39 is 5.97 Å². The van der Waals surface area contributed by atoms with Crippen molar-refractivity contribution in [2.24, 2.45) is 5.92 Å². The molecule has 0 spiro atoms. The van der Waals surface area contributed by atoms with E-state index in [2.05, 4.69) is 0 Å². The van der Waals surface area contributed by atoms with E-state index in [9.17, 15) is 9.59 Å². The van der Waals surface area contributed by atoms with Gasteiger partial charge in [0.15, 0.2) is 0 Å². The number of ether oxygens (including phenoxy) is 2. The van der Waals surface area contributed by atoms with E-state index in [-0.39, 0.29) is 30.4 Å². The normalized spacial score (nSPS) is 21.2. The number of carboxylic acids is 1. The van der Waals surface area contributed by atoms with Crippen LogP contribution in [0.15, 0.2) is 24.3 Å². The topological polar surface area (TPSA) is 76.1 Å². The smallest absolute Gasteiger partial charge is 0.305 e. The SMILES string of the molecule is COc1ccccc1CC(C)CC(=O)N1CC(OC)CC1CC(=O)O. The molecule has 1 aromatic rings. The molecule has 0 aromatic heterocycles. The fourth-order valence-corrected chi connectivity index (χ4v) is 3.48. The lowest BCUT2D eigenvalue weighted by Crippen LogP contribution is -2.38. The Labute approximate surface area is 148 Å². The zero-order valence-corrected chi connectivity index (χ0v) is 15.1. The van der Waals surface area contributed by atoms with E-state index >= 15 is 0 Å². The van der Waals surface area contributed by atoms with Crippen molar-refractivity contribution in [3.8, 4) is 5.75 Å². The minimum atomic E-state index is -0.887. The molecule has 0 radical (unpaired) electrons. The van der Waals surface area contributed by atoms with Crippen LogP contribution in [-0.2, 0) is 20.7 Å². The predicted octanol–water partition coefficient (Wildman–Crippen LogP) is 2.35. The number of hydrogen-bond donors (Lipinski definition) is 1. The number of methoxy groups -OCH3 is 2. The third-order valence-corrected chi connectivity index (χ3v) is 4.72. The van der Waals surface area contributed by atoms with Gasteiger partial charge in [-0.3, -0.25) is 9.59 Å². The van der Waals surface area contributed by atoms with E-state index in [0.717, 1.165) is 17.7 Å². The summed E-state index contributed by atoms with van der Waals surface area (Å²) in [5.74, 6) is 0.0665. The number of aliphatic carboxylic acids is 1. The van der Waals surface area contributed by atoms with Gasteiger partial charge in [-0.05, 0) is 30.4 Å². The Kier molecular flexibility index (Phi) is 6.82. The van der Waals surface area contributed by atoms with Crippen LogP contribution in [0.5, 0.6) is 5.75 Å². The van der Waals surface area contributed by atoms with E-state index in [4.69, 9.17) is 14.6 Å². The zero-order valence-electron chi connectivity index (χ0n) is 15.1. The van der Waals surface area contributed by atoms with Crippen molar-refractivity contribution in [2.75, 3.05) is 20.8 Å². The maximum Gasteiger partial charge on any atom is 0.305 e. The van der Waals surface area contributed by atoms with Crippen molar-refractivity contribution in [3.63, 3.8) is 0 Å². The van der Waals surface area contributed by atoms with Crippen molar-refractivity contribution in [3.05, 3.63) is 29.8 Å². The van der Waals surface area contributed by atoms with Crippen molar-refractivity contribution >= 4 is 11.9 Å². The van der Waals surface area contributed by atoms with E-state index in [0.29, 0.717) is 19.4 Å². The molecule has 1 heterocycles. The summed E-state index contributed by atoms with van der Waals surface area (Å²) in [6.07, 6.45) is 1.57. The van der Waals surface area contributed by atoms with Crippen molar-refractivity contribution in [1.82, 2.24) is 4.90 Å². The average molecular weight is 349 g/mol. The van der Waals surface area contributed by atoms with Crippen LogP contribution < -0.4 is 4.74 Å². The maximum absolute atomic E-state index is 12.7. The Morgan fingerprint density at radius 1 is 1.32 bits per heavy atom. The second-order valence-corrected chi connectivity index (χ2v) is 6.72. The zero-order chi connectivity index (χ0) is 18.4. The molecule has 0 bridgehead atoms. The molecular weight excluding hydrogens is 322 g/mol. The molecule has 0 aliphatic carbocycles. The van der Waals surface area contributed by atoms with Crippen LogP contribution in [0.2, 0.25) is 0 Å². The minimum absolute atomic E-state index is 0.00630. The number of carbonyl (C=O) groups is 2. The Balaban J connectivity index is 1.98. The quantitative estimate of drug-likeness (QED) is 0.780. The van der Waals surface area contributed by atoms with Gasteiger partial charge in [-0.15, -0.1) is 0 Å². The molecule has 1 amide bonds. The van der Waals surface area contributed by atoms with E-state index in [1.54, 1.807) is 19.1 Å². The van der Waals surface area contributed by atoms with Gasteiger partial charge in [0.25, 0.3) is 0 Å². The maximum atomic E-state index is 12.7. The summed E-state index contributed by atoms with van der Waals surface area (Å²) in [6.45, 7) is 2.50. The standard InChI is InChI=1S/C19H27NO5/c1-13(8-14-6-4-5-7-17(14)25-3)9-18(21)20-12-16(24-2)10-15(20)11-19(22)23/h4-7,13,15-16H,8-12H2,1-3H3,(H,22,23). The summed E-state index contributed by atoms with van der Waals surface area (Å²) >= 11 is 0. The molecule has 1 fully saturated rings. The summed E-state index contributed by atoms with van der Waals surface area (Å²) in [4.78, 5) is 25.4. The molecule has 2 rings (SSSR count). The fourth-order valence-electron chi connectivity index (χ4n) is 3.48. The Bertz CT molecular complexity index is 603. The number of rotatable bonds is 8. The van der Waals surface area contributed by atoms with E-state index in [1.807, 2.05) is 31.2 Å². The second-order valence-electron chi connectivity index (χ2n) is 6.72. The van der Waals surface area contributed by atoms with Crippen molar-refractivity contribution in [2.45, 2.75) is 44.8 Å². The van der Waals surface area contributed by atoms with E-state index in [1.165, 1.54) is 0 Å². The summed E-state index contributed by atoms with van der Waals surface area (Å²) < 4.78 is 10.7. The van der Waals surface area contributed by atoms with Gasteiger partial charge in [0, 0.05) is 26.1 Å². The van der Waals surface area contributed by atoms with Crippen LogP contribution in [0.3, 0.4) is 0 Å². The summed E-state index contributed by atoms with van der Waals surface area (Å²) in [7, 11) is 3.24. The van der Waals surface area contributed by atoms with Gasteiger partial charge in [0.05, 0.1) is 19.6 Å². The van der Waals surface area contributed by atoms with Crippen LogP contribution in [0, 0.1) is 5.92 Å². The average Bonchev–Trinajstić information content (AvgIpc) is 2.97. The molecule has 138 valence electrons. The minimum Gasteiger partial charge on any atom is -0.496 e. The lowest BCUT2D eigenvalue weighted by Gasteiger charge is -2.25. The monoisotopic (exact) mass is 349 g/mol. The third kappa shape index (κ3) is 5.19. The Hall–Kier alpha value is -2.08. The molecule has 3 unspecified atom stereocenters. The van der Waals surface area contributed by atoms with Gasteiger partial charge in [-0.2, -0.15) is 0 Å². The largest absolute Gasteiger partial charge is 0.496 e. The Morgan fingerprint density at radius 2 is 2.04 bits per heavy atom. The summed E-state index contributed by atoms with van der Waals surface area (Å²) in [5.41, 5.74) is 1.07. The molecule has 0 saturated carbocycles. The van der Waals surface area contributed by atoms with Gasteiger partial charge < -0.3 is 19.5 Å². The first-order valence-electron chi connectivity index (χ1n) is 8.60. The lowest BCUT2D eigenvalue weighted by molar-refractivity contribution is -0.140. The molecule has 6 heteroatoms. The molecule has 1 N–H and O–H groups in total. The molecule has 1 saturated heterocycles. The van der Waals surface area contributed by atoms with Crippen LogP contribution in [0.4, 0.5) is 0 Å². The summed E-state index contributed by atoms with van der Waals surface area (Å²) in [6, 6.07) is 7.51. The highest BCUT2D eigenvalue weighted by atomic mass is 16.5. The lowest BCUT2D eigenvalue weighted by atomic mass is 9.96. The fraction of sp³-hybridized carbons (Fsp3) is 0.579. The highest BCUT2D eigenvalue weighted by molar-refractivity contribution is 5.78. The number of amides is 1. The van der Waals surface area contributed by atoms with Gasteiger partial charge >= 0.3 is 5.97 Å². The third-order valence-electron chi connectivity index (χ3n) is 4.72.